The lowest BCUT2D eigenvalue weighted by Gasteiger charge is -2.15. The second kappa shape index (κ2) is 3.92. The Hall–Kier alpha value is -1.16. The zero-order chi connectivity index (χ0) is 10.8. The molecule has 14 heavy (non-hydrogen) atoms. The molecule has 0 aliphatic heterocycles. The highest BCUT2D eigenvalue weighted by Gasteiger charge is 2.21. The Morgan fingerprint density at radius 2 is 2.36 bits per heavy atom. The van der Waals surface area contributed by atoms with E-state index in [4.69, 9.17) is 0 Å². The van der Waals surface area contributed by atoms with Gasteiger partial charge in [-0.1, -0.05) is 0 Å². The van der Waals surface area contributed by atoms with E-state index in [1.807, 2.05) is 19.9 Å². The molecule has 0 radical (unpaired) electrons. The lowest BCUT2D eigenvalue weighted by Crippen LogP contribution is -2.30. The van der Waals surface area contributed by atoms with E-state index in [0.717, 1.165) is 17.9 Å². The molecule has 0 aliphatic rings. The number of aromatic nitrogens is 2. The Kier molecular flexibility index (Phi) is 3.06. The molecule has 0 bridgehead atoms. The fourth-order valence-corrected chi connectivity index (χ4v) is 1.42. The minimum atomic E-state index is -1.29. The second-order valence-electron chi connectivity index (χ2n) is 3.74. The van der Waals surface area contributed by atoms with E-state index in [9.17, 15) is 9.90 Å². The van der Waals surface area contributed by atoms with Crippen molar-refractivity contribution in [2.75, 3.05) is 0 Å². The molecule has 1 aromatic rings. The van der Waals surface area contributed by atoms with Gasteiger partial charge in [0.25, 0.3) is 0 Å². The summed E-state index contributed by atoms with van der Waals surface area (Å²) in [7, 11) is 0. The van der Waals surface area contributed by atoms with Crippen LogP contribution in [0.5, 0.6) is 0 Å². The molecular formula is C10H16N2O2. The molecule has 0 spiro atoms. The Bertz CT molecular complexity index is 329. The minimum absolute atomic E-state index is 0.311. The number of aliphatic hydroxyl groups is 1. The summed E-state index contributed by atoms with van der Waals surface area (Å²) in [5.74, 6) is 0. The van der Waals surface area contributed by atoms with Crippen molar-refractivity contribution in [2.24, 2.45) is 0 Å². The SMILES string of the molecule is CCn1nc(C)cc1CC(C)(O)C=O. The van der Waals surface area contributed by atoms with E-state index in [-0.39, 0.29) is 0 Å². The van der Waals surface area contributed by atoms with Crippen LogP contribution >= 0.6 is 0 Å². The van der Waals surface area contributed by atoms with Crippen LogP contribution in [-0.2, 0) is 17.8 Å². The maximum absolute atomic E-state index is 10.6. The van der Waals surface area contributed by atoms with Gasteiger partial charge in [-0.3, -0.25) is 4.68 Å². The topological polar surface area (TPSA) is 55.1 Å². The normalized spacial score (nSPS) is 15.1. The van der Waals surface area contributed by atoms with E-state index in [1.165, 1.54) is 6.92 Å². The molecule has 1 N–H and O–H groups in total. The number of nitrogens with zero attached hydrogens (tertiary/aromatic N) is 2. The summed E-state index contributed by atoms with van der Waals surface area (Å²) in [6, 6.07) is 1.89. The largest absolute Gasteiger partial charge is 0.382 e. The van der Waals surface area contributed by atoms with Crippen LogP contribution in [0.25, 0.3) is 0 Å². The monoisotopic (exact) mass is 196 g/mol. The van der Waals surface area contributed by atoms with Gasteiger partial charge in [0.15, 0.2) is 6.29 Å². The first-order valence-electron chi connectivity index (χ1n) is 4.70. The number of aldehydes is 1. The molecule has 1 atom stereocenters. The van der Waals surface area contributed by atoms with Crippen LogP contribution in [0, 0.1) is 6.92 Å². The van der Waals surface area contributed by atoms with E-state index < -0.39 is 5.60 Å². The van der Waals surface area contributed by atoms with E-state index in [1.54, 1.807) is 4.68 Å². The number of carbonyl (C=O) groups is 1. The molecule has 4 heteroatoms. The van der Waals surface area contributed by atoms with Crippen molar-refractivity contribution >= 4 is 6.29 Å². The molecule has 1 unspecified atom stereocenters. The van der Waals surface area contributed by atoms with Gasteiger partial charge in [-0.25, -0.2) is 0 Å². The minimum Gasteiger partial charge on any atom is -0.382 e. The van der Waals surface area contributed by atoms with Crippen LogP contribution in [0.1, 0.15) is 25.2 Å². The van der Waals surface area contributed by atoms with Crippen LogP contribution in [0.15, 0.2) is 6.07 Å². The number of hydrogen-bond acceptors (Lipinski definition) is 3. The molecular weight excluding hydrogens is 180 g/mol. The highest BCUT2D eigenvalue weighted by atomic mass is 16.3. The highest BCUT2D eigenvalue weighted by molar-refractivity contribution is 5.61. The van der Waals surface area contributed by atoms with Crippen molar-refractivity contribution in [1.82, 2.24) is 9.78 Å². The third-order valence-corrected chi connectivity index (χ3v) is 2.08. The molecule has 1 rings (SSSR count). The summed E-state index contributed by atoms with van der Waals surface area (Å²) in [6.45, 7) is 6.12. The van der Waals surface area contributed by atoms with Crippen LogP contribution in [0.3, 0.4) is 0 Å². The van der Waals surface area contributed by atoms with Gasteiger partial charge in [0.2, 0.25) is 0 Å². The Balaban J connectivity index is 2.90. The molecule has 4 nitrogen and oxygen atoms in total. The van der Waals surface area contributed by atoms with Crippen molar-refractivity contribution in [1.29, 1.82) is 0 Å². The summed E-state index contributed by atoms with van der Waals surface area (Å²) in [6.07, 6.45) is 0.876. The molecule has 1 aromatic heterocycles. The Morgan fingerprint density at radius 1 is 1.71 bits per heavy atom. The molecule has 1 heterocycles. The third-order valence-electron chi connectivity index (χ3n) is 2.08. The van der Waals surface area contributed by atoms with E-state index >= 15 is 0 Å². The standard InChI is InChI=1S/C10H16N2O2/c1-4-12-9(5-8(2)11-12)6-10(3,14)7-13/h5,7,14H,4,6H2,1-3H3. The lowest BCUT2D eigenvalue weighted by atomic mass is 10.0. The lowest BCUT2D eigenvalue weighted by molar-refractivity contribution is -0.122. The van der Waals surface area contributed by atoms with Crippen molar-refractivity contribution in [3.63, 3.8) is 0 Å². The second-order valence-corrected chi connectivity index (χ2v) is 3.74. The average Bonchev–Trinajstić information content (AvgIpc) is 2.45. The van der Waals surface area contributed by atoms with E-state index in [2.05, 4.69) is 5.10 Å². The fourth-order valence-electron chi connectivity index (χ4n) is 1.42. The van der Waals surface area contributed by atoms with Gasteiger partial charge in [-0.15, -0.1) is 0 Å². The van der Waals surface area contributed by atoms with Gasteiger partial charge in [-0.2, -0.15) is 5.10 Å². The summed E-state index contributed by atoms with van der Waals surface area (Å²) < 4.78 is 1.80. The van der Waals surface area contributed by atoms with Crippen molar-refractivity contribution in [3.8, 4) is 0 Å². The van der Waals surface area contributed by atoms with Gasteiger partial charge in [-0.05, 0) is 26.8 Å². The molecule has 0 aliphatic carbocycles. The number of carbonyl (C=O) groups excluding carboxylic acids is 1. The Labute approximate surface area is 83.5 Å². The average molecular weight is 196 g/mol. The maximum atomic E-state index is 10.6. The van der Waals surface area contributed by atoms with Gasteiger partial charge < -0.3 is 9.90 Å². The zero-order valence-electron chi connectivity index (χ0n) is 8.82. The first kappa shape index (κ1) is 10.9. The Morgan fingerprint density at radius 3 is 2.86 bits per heavy atom. The maximum Gasteiger partial charge on any atom is 0.151 e. The summed E-state index contributed by atoms with van der Waals surface area (Å²) in [4.78, 5) is 10.6. The highest BCUT2D eigenvalue weighted by Crippen LogP contribution is 2.12. The van der Waals surface area contributed by atoms with Crippen LogP contribution < -0.4 is 0 Å². The van der Waals surface area contributed by atoms with Gasteiger partial charge in [0.05, 0.1) is 5.69 Å². The third kappa shape index (κ3) is 2.42. The van der Waals surface area contributed by atoms with Gasteiger partial charge in [0, 0.05) is 18.7 Å². The van der Waals surface area contributed by atoms with Crippen molar-refractivity contribution < 1.29 is 9.90 Å². The number of aryl methyl sites for hydroxylation is 2. The van der Waals surface area contributed by atoms with Crippen molar-refractivity contribution in [3.05, 3.63) is 17.5 Å². The fraction of sp³-hybridized carbons (Fsp3) is 0.600. The predicted molar refractivity (Wildman–Crippen MR) is 53.0 cm³/mol. The zero-order valence-corrected chi connectivity index (χ0v) is 8.82. The molecule has 78 valence electrons. The first-order chi connectivity index (χ1) is 6.48. The molecule has 0 fully saturated rings. The first-order valence-corrected chi connectivity index (χ1v) is 4.70. The molecule has 0 saturated carbocycles. The molecule has 0 amide bonds. The number of hydrogen-bond donors (Lipinski definition) is 1. The van der Waals surface area contributed by atoms with E-state index in [0.29, 0.717) is 12.7 Å². The molecule has 0 saturated heterocycles. The van der Waals surface area contributed by atoms with Crippen LogP contribution in [-0.4, -0.2) is 26.8 Å². The smallest absolute Gasteiger partial charge is 0.151 e. The van der Waals surface area contributed by atoms with Crippen LogP contribution in [0.4, 0.5) is 0 Å². The summed E-state index contributed by atoms with van der Waals surface area (Å²) >= 11 is 0. The summed E-state index contributed by atoms with van der Waals surface area (Å²) in [5.41, 5.74) is 0.505. The van der Waals surface area contributed by atoms with Gasteiger partial charge in [0.1, 0.15) is 5.60 Å². The molecule has 0 aromatic carbocycles. The van der Waals surface area contributed by atoms with Crippen molar-refractivity contribution in [2.45, 2.75) is 39.3 Å². The van der Waals surface area contributed by atoms with Gasteiger partial charge >= 0.3 is 0 Å². The predicted octanol–water partition coefficient (Wildman–Crippen LogP) is 0.704. The quantitative estimate of drug-likeness (QED) is 0.721. The summed E-state index contributed by atoms with van der Waals surface area (Å²) in [5, 5.41) is 13.8. The number of rotatable bonds is 4. The van der Waals surface area contributed by atoms with Crippen LogP contribution in [0.2, 0.25) is 0 Å².